The van der Waals surface area contributed by atoms with Crippen molar-refractivity contribution in [2.45, 2.75) is 38.2 Å². The third-order valence-electron chi connectivity index (χ3n) is 4.82. The van der Waals surface area contributed by atoms with Gasteiger partial charge in [-0.15, -0.1) is 24.8 Å². The molecule has 0 heterocycles. The number of hydrogen-bond acceptors (Lipinski definition) is 1. The van der Waals surface area contributed by atoms with Crippen LogP contribution in [0.25, 0.3) is 0 Å². The van der Waals surface area contributed by atoms with Gasteiger partial charge in [0.15, 0.2) is 0 Å². The van der Waals surface area contributed by atoms with Crippen LogP contribution in [0.4, 0.5) is 5.69 Å². The van der Waals surface area contributed by atoms with E-state index in [1.807, 2.05) is 0 Å². The minimum Gasteiger partial charge on any atom is -0.147 e. The summed E-state index contributed by atoms with van der Waals surface area (Å²) >= 11 is -2.86. The molecular formula is C17H29Cl2NSiTi. The number of para-hydroxylation sites is 1. The largest absolute Gasteiger partial charge is 0.147 e. The van der Waals surface area contributed by atoms with Crippen molar-refractivity contribution >= 4 is 38.1 Å². The van der Waals surface area contributed by atoms with E-state index in [2.05, 4.69) is 79.9 Å². The second-order valence-corrected chi connectivity index (χ2v) is 25.6. The van der Waals surface area contributed by atoms with Crippen molar-refractivity contribution in [3.8, 4) is 0 Å². The van der Waals surface area contributed by atoms with E-state index in [1.165, 1.54) is 16.8 Å². The Morgan fingerprint density at radius 3 is 1.86 bits per heavy atom. The zero-order valence-corrected chi connectivity index (χ0v) is 19.1. The first-order valence-electron chi connectivity index (χ1n) is 7.42. The van der Waals surface area contributed by atoms with Crippen LogP contribution >= 0.6 is 24.8 Å². The number of nitrogens with one attached hydrogen (secondary N) is 1. The summed E-state index contributed by atoms with van der Waals surface area (Å²) in [7, 11) is 2.24. The molecule has 0 spiro atoms. The van der Waals surface area contributed by atoms with Crippen molar-refractivity contribution in [3.63, 3.8) is 0 Å². The Hall–Kier alpha value is 0.0112. The van der Waals surface area contributed by atoms with E-state index in [1.54, 1.807) is 9.45 Å². The van der Waals surface area contributed by atoms with Crippen LogP contribution in [0.15, 0.2) is 50.9 Å². The maximum Gasteiger partial charge on any atom is -0.147 e. The predicted octanol–water partition coefficient (Wildman–Crippen LogP) is 5.45. The molecule has 1 aliphatic carbocycles. The third kappa shape index (κ3) is 4.10. The number of benzene rings is 1. The first kappa shape index (κ1) is 22.0. The molecule has 5 heteroatoms. The summed E-state index contributed by atoms with van der Waals surface area (Å²) in [5.74, 6) is 0.593. The fourth-order valence-corrected chi connectivity index (χ4v) is 13.5. The Bertz CT molecular complexity index is 671. The summed E-state index contributed by atoms with van der Waals surface area (Å²) in [4.78, 5) is 0. The SMILES string of the molecule is CC1=C(C)C(C)[C]([Ti]([CH3])([CH3])(=[SiH2])[NH]c2ccccc2)=C1C.Cl.Cl. The van der Waals surface area contributed by atoms with Gasteiger partial charge in [0.2, 0.25) is 0 Å². The molecule has 0 saturated carbocycles. The molecule has 1 N–H and O–H groups in total. The Balaban J connectivity index is 0.00000220. The molecule has 0 fully saturated rings. The fourth-order valence-electron chi connectivity index (χ4n) is 3.71. The summed E-state index contributed by atoms with van der Waals surface area (Å²) in [5.41, 5.74) is 5.86. The quantitative estimate of drug-likeness (QED) is 0.673. The van der Waals surface area contributed by atoms with Gasteiger partial charge in [0, 0.05) is 0 Å². The molecule has 1 atom stereocenters. The van der Waals surface area contributed by atoms with Gasteiger partial charge in [-0.05, 0) is 0 Å². The maximum atomic E-state index is 3.96. The Morgan fingerprint density at radius 1 is 0.955 bits per heavy atom. The van der Waals surface area contributed by atoms with E-state index in [9.17, 15) is 0 Å². The van der Waals surface area contributed by atoms with Crippen molar-refractivity contribution < 1.29 is 14.3 Å². The Kier molecular flexibility index (Phi) is 7.28. The van der Waals surface area contributed by atoms with Crippen molar-refractivity contribution in [1.29, 1.82) is 0 Å². The molecule has 0 saturated heterocycles. The van der Waals surface area contributed by atoms with E-state index in [-0.39, 0.29) is 24.8 Å². The Morgan fingerprint density at radius 2 is 1.45 bits per heavy atom. The zero-order valence-electron chi connectivity index (χ0n) is 14.5. The summed E-state index contributed by atoms with van der Waals surface area (Å²) in [5, 5.41) is 5.01. The van der Waals surface area contributed by atoms with Crippen LogP contribution in [0, 0.1) is 5.92 Å². The van der Waals surface area contributed by atoms with Crippen molar-refractivity contribution in [2.75, 3.05) is 3.80 Å². The molecule has 1 nitrogen and oxygen atoms in total. The molecule has 0 aromatic heterocycles. The van der Waals surface area contributed by atoms with Crippen LogP contribution in [0.5, 0.6) is 0 Å². The van der Waals surface area contributed by atoms with Crippen LogP contribution in [0.1, 0.15) is 27.7 Å². The first-order chi connectivity index (χ1) is 9.12. The predicted molar refractivity (Wildman–Crippen MR) is 105 cm³/mol. The summed E-state index contributed by atoms with van der Waals surface area (Å²) < 4.78 is 5.67. The van der Waals surface area contributed by atoms with Gasteiger partial charge in [-0.3, -0.25) is 0 Å². The Labute approximate surface area is 150 Å². The normalized spacial score (nSPS) is 18.8. The van der Waals surface area contributed by atoms with Gasteiger partial charge in [-0.2, -0.15) is 0 Å². The van der Waals surface area contributed by atoms with Crippen LogP contribution in [-0.2, 0) is 14.3 Å². The number of hydrogen-bond donors (Lipinski definition) is 1. The van der Waals surface area contributed by atoms with E-state index in [0.29, 0.717) is 5.92 Å². The number of halogens is 2. The third-order valence-corrected chi connectivity index (χ3v) is 12.8. The van der Waals surface area contributed by atoms with Gasteiger partial charge in [-0.25, -0.2) is 0 Å². The molecule has 2 rings (SSSR count). The average molecular weight is 394 g/mol. The van der Waals surface area contributed by atoms with Crippen LogP contribution in [0.3, 0.4) is 0 Å². The second-order valence-electron chi connectivity index (χ2n) is 7.25. The molecule has 0 bridgehead atoms. The van der Waals surface area contributed by atoms with Gasteiger partial charge in [-0.1, -0.05) is 0 Å². The minimum atomic E-state index is -2.86. The first-order valence-corrected chi connectivity index (χ1v) is 16.1. The molecule has 1 unspecified atom stereocenters. The average Bonchev–Trinajstić information content (AvgIpc) is 2.54. The molecule has 124 valence electrons. The van der Waals surface area contributed by atoms with Gasteiger partial charge in [0.25, 0.3) is 0 Å². The monoisotopic (exact) mass is 393 g/mol. The topological polar surface area (TPSA) is 12.0 Å². The van der Waals surface area contributed by atoms with Crippen LogP contribution in [-0.4, -0.2) is 7.63 Å². The molecule has 1 aliphatic rings. The summed E-state index contributed by atoms with van der Waals surface area (Å²) in [6.07, 6.45) is 0. The zero-order chi connectivity index (χ0) is 15.2. The molecule has 0 aliphatic heterocycles. The van der Waals surface area contributed by atoms with Crippen LogP contribution in [0.2, 0.25) is 10.5 Å². The van der Waals surface area contributed by atoms with Crippen molar-refractivity contribution in [2.24, 2.45) is 5.92 Å². The summed E-state index contributed by atoms with van der Waals surface area (Å²) in [6, 6.07) is 10.7. The van der Waals surface area contributed by atoms with Crippen molar-refractivity contribution in [3.05, 3.63) is 50.9 Å². The van der Waals surface area contributed by atoms with E-state index < -0.39 is 14.3 Å². The minimum absolute atomic E-state index is 0. The van der Waals surface area contributed by atoms with Crippen LogP contribution < -0.4 is 3.80 Å². The molecular weight excluding hydrogens is 365 g/mol. The van der Waals surface area contributed by atoms with E-state index in [4.69, 9.17) is 0 Å². The van der Waals surface area contributed by atoms with Crippen molar-refractivity contribution in [1.82, 2.24) is 0 Å². The molecule has 1 aromatic rings. The molecule has 0 amide bonds. The molecule has 22 heavy (non-hydrogen) atoms. The fraction of sp³-hybridized carbons (Fsp3) is 0.412. The number of anilines is 1. The second kappa shape index (κ2) is 7.27. The van der Waals surface area contributed by atoms with Gasteiger partial charge in [0.1, 0.15) is 0 Å². The van der Waals surface area contributed by atoms with Gasteiger partial charge < -0.3 is 0 Å². The molecule has 0 radical (unpaired) electrons. The van der Waals surface area contributed by atoms with Gasteiger partial charge >= 0.3 is 126 Å². The molecule has 1 aromatic carbocycles. The van der Waals surface area contributed by atoms with E-state index >= 15 is 0 Å². The van der Waals surface area contributed by atoms with E-state index in [0.717, 1.165) is 0 Å². The smallest absolute Gasteiger partial charge is 0.147 e. The van der Waals surface area contributed by atoms with Gasteiger partial charge in [0.05, 0.1) is 0 Å². The number of allylic oxidation sites excluding steroid dienone is 4. The number of rotatable bonds is 3. The summed E-state index contributed by atoms with van der Waals surface area (Å²) in [6.45, 7) is 9.27. The maximum absolute atomic E-state index is 3.96. The standard InChI is InChI=1S/C9H13.C6H6N.2CH3.2ClH.H2Si.Ti/c1-6-5-7(2)9(4)8(6)3;7-6-4-2-1-3-5-6;;;;;;/h6H,1-4H3;1-5,7H;2*1H3;2*1H;1H2;/q;-1;;;;;;+1.